The summed E-state index contributed by atoms with van der Waals surface area (Å²) >= 11 is 5.77. The van der Waals surface area contributed by atoms with E-state index in [0.29, 0.717) is 16.3 Å². The van der Waals surface area contributed by atoms with Crippen LogP contribution in [0.5, 0.6) is 0 Å². The van der Waals surface area contributed by atoms with E-state index in [-0.39, 0.29) is 0 Å². The van der Waals surface area contributed by atoms with Crippen molar-refractivity contribution in [3.05, 3.63) is 28.8 Å². The van der Waals surface area contributed by atoms with Gasteiger partial charge < -0.3 is 15.2 Å². The van der Waals surface area contributed by atoms with E-state index in [4.69, 9.17) is 11.6 Å². The number of anilines is 1. The van der Waals surface area contributed by atoms with Crippen molar-refractivity contribution in [3.8, 4) is 0 Å². The molecule has 0 radical (unpaired) electrons. The van der Waals surface area contributed by atoms with Gasteiger partial charge in [-0.2, -0.15) is 0 Å². The minimum absolute atomic E-state index is 0.412. The molecule has 0 fully saturated rings. The highest BCUT2D eigenvalue weighted by Crippen LogP contribution is 2.36. The van der Waals surface area contributed by atoms with Gasteiger partial charge in [0.25, 0.3) is 0 Å². The lowest BCUT2D eigenvalue weighted by molar-refractivity contribution is -0.153. The molecule has 2 unspecified atom stereocenters. The van der Waals surface area contributed by atoms with Gasteiger partial charge in [0.2, 0.25) is 5.91 Å². The second kappa shape index (κ2) is 4.35. The summed E-state index contributed by atoms with van der Waals surface area (Å²) in [5.41, 5.74) is 0.861. The van der Waals surface area contributed by atoms with Crippen molar-refractivity contribution in [3.63, 3.8) is 0 Å². The van der Waals surface area contributed by atoms with Gasteiger partial charge >= 0.3 is 5.97 Å². The maximum atomic E-state index is 11.7. The lowest BCUT2D eigenvalue weighted by atomic mass is 9.90. The number of benzene rings is 1. The van der Waals surface area contributed by atoms with Gasteiger partial charge in [0.1, 0.15) is 6.10 Å². The van der Waals surface area contributed by atoms with Crippen LogP contribution in [-0.2, 0) is 14.3 Å². The highest BCUT2D eigenvalue weighted by Gasteiger charge is 2.40. The molecule has 2 atom stereocenters. The van der Waals surface area contributed by atoms with Gasteiger partial charge in [-0.1, -0.05) is 17.7 Å². The summed E-state index contributed by atoms with van der Waals surface area (Å²) < 4.78 is 4.48. The molecular weight excluding hydrogens is 246 g/mol. The SMILES string of the molecule is COC(=O)C1C(=O)Nc2cc(Cl)ccc2C1O. The minimum atomic E-state index is -1.24. The average molecular weight is 256 g/mol. The van der Waals surface area contributed by atoms with Crippen molar-refractivity contribution in [2.24, 2.45) is 5.92 Å². The Morgan fingerprint density at radius 2 is 2.24 bits per heavy atom. The zero-order valence-electron chi connectivity index (χ0n) is 8.94. The van der Waals surface area contributed by atoms with E-state index in [9.17, 15) is 14.7 Å². The molecule has 1 aliphatic heterocycles. The van der Waals surface area contributed by atoms with E-state index < -0.39 is 23.9 Å². The van der Waals surface area contributed by atoms with E-state index in [1.165, 1.54) is 13.2 Å². The number of ether oxygens (including phenoxy) is 1. The second-order valence-electron chi connectivity index (χ2n) is 3.67. The van der Waals surface area contributed by atoms with Gasteiger partial charge in [-0.05, 0) is 12.1 Å². The van der Waals surface area contributed by atoms with Gasteiger partial charge in [0, 0.05) is 16.3 Å². The lowest BCUT2D eigenvalue weighted by Crippen LogP contribution is -2.39. The predicted molar refractivity (Wildman–Crippen MR) is 60.5 cm³/mol. The zero-order chi connectivity index (χ0) is 12.6. The number of halogens is 1. The summed E-state index contributed by atoms with van der Waals surface area (Å²) in [5.74, 6) is -2.61. The number of carbonyl (C=O) groups is 2. The Kier molecular flexibility index (Phi) is 3.04. The van der Waals surface area contributed by atoms with E-state index in [1.54, 1.807) is 12.1 Å². The fraction of sp³-hybridized carbons (Fsp3) is 0.273. The number of nitrogens with one attached hydrogen (secondary N) is 1. The molecule has 90 valence electrons. The maximum Gasteiger partial charge on any atom is 0.321 e. The van der Waals surface area contributed by atoms with Crippen LogP contribution in [0.25, 0.3) is 0 Å². The quantitative estimate of drug-likeness (QED) is 0.582. The largest absolute Gasteiger partial charge is 0.468 e. The van der Waals surface area contributed by atoms with Crippen molar-refractivity contribution in [1.82, 2.24) is 0 Å². The zero-order valence-corrected chi connectivity index (χ0v) is 9.69. The van der Waals surface area contributed by atoms with Crippen LogP contribution < -0.4 is 5.32 Å². The fourth-order valence-corrected chi connectivity index (χ4v) is 1.96. The van der Waals surface area contributed by atoms with Crippen LogP contribution >= 0.6 is 11.6 Å². The number of esters is 1. The number of aliphatic hydroxyl groups is 1. The minimum Gasteiger partial charge on any atom is -0.468 e. The molecule has 0 aliphatic carbocycles. The fourth-order valence-electron chi connectivity index (χ4n) is 1.79. The molecule has 0 spiro atoms. The Morgan fingerprint density at radius 1 is 1.53 bits per heavy atom. The Morgan fingerprint density at radius 3 is 2.88 bits per heavy atom. The molecular formula is C11H10ClNO4. The number of methoxy groups -OCH3 is 1. The summed E-state index contributed by atoms with van der Waals surface area (Å²) in [5, 5.41) is 12.9. The topological polar surface area (TPSA) is 75.6 Å². The third kappa shape index (κ3) is 1.99. The predicted octanol–water partition coefficient (Wildman–Crippen LogP) is 1.11. The maximum absolute atomic E-state index is 11.7. The first-order valence-electron chi connectivity index (χ1n) is 4.91. The molecule has 2 rings (SSSR count). The first-order valence-corrected chi connectivity index (χ1v) is 5.28. The Hall–Kier alpha value is -1.59. The van der Waals surface area contributed by atoms with E-state index >= 15 is 0 Å². The molecule has 1 amide bonds. The molecule has 6 heteroatoms. The van der Waals surface area contributed by atoms with Gasteiger partial charge in [-0.25, -0.2) is 0 Å². The van der Waals surface area contributed by atoms with E-state index in [1.807, 2.05) is 0 Å². The molecule has 0 aromatic heterocycles. The van der Waals surface area contributed by atoms with Crippen molar-refractivity contribution in [2.75, 3.05) is 12.4 Å². The monoisotopic (exact) mass is 255 g/mol. The standard InChI is InChI=1S/C11H10ClNO4/c1-17-11(16)8-9(14)6-3-2-5(12)4-7(6)13-10(8)15/h2-4,8-9,14H,1H3,(H,13,15). The van der Waals surface area contributed by atoms with Crippen LogP contribution in [0.15, 0.2) is 18.2 Å². The first kappa shape index (κ1) is 11.9. The molecule has 0 bridgehead atoms. The van der Waals surface area contributed by atoms with Crippen LogP contribution in [0.2, 0.25) is 5.02 Å². The molecule has 0 saturated carbocycles. The Bertz CT molecular complexity index is 488. The first-order chi connectivity index (χ1) is 8.04. The normalized spacial score (nSPS) is 22.6. The molecule has 0 saturated heterocycles. The number of hydrogen-bond donors (Lipinski definition) is 2. The van der Waals surface area contributed by atoms with Crippen molar-refractivity contribution < 1.29 is 19.4 Å². The number of fused-ring (bicyclic) bond motifs is 1. The van der Waals surface area contributed by atoms with Crippen LogP contribution in [0.3, 0.4) is 0 Å². The Labute approximate surface area is 102 Å². The van der Waals surface area contributed by atoms with Gasteiger partial charge in [-0.3, -0.25) is 9.59 Å². The summed E-state index contributed by atoms with van der Waals surface area (Å²) in [6, 6.07) is 4.67. The summed E-state index contributed by atoms with van der Waals surface area (Å²) in [4.78, 5) is 23.1. The number of carbonyl (C=O) groups excluding carboxylic acids is 2. The molecule has 2 N–H and O–H groups in total. The molecule has 1 heterocycles. The summed E-state index contributed by atoms with van der Waals surface area (Å²) in [7, 11) is 1.17. The van der Waals surface area contributed by atoms with E-state index in [0.717, 1.165) is 0 Å². The molecule has 1 aliphatic rings. The lowest BCUT2D eigenvalue weighted by Gasteiger charge is -2.27. The van der Waals surface area contributed by atoms with Crippen LogP contribution in [0.1, 0.15) is 11.7 Å². The van der Waals surface area contributed by atoms with Crippen molar-refractivity contribution in [2.45, 2.75) is 6.10 Å². The van der Waals surface area contributed by atoms with Gasteiger partial charge in [0.05, 0.1) is 7.11 Å². The van der Waals surface area contributed by atoms with Gasteiger partial charge in [-0.15, -0.1) is 0 Å². The highest BCUT2D eigenvalue weighted by molar-refractivity contribution is 6.31. The molecule has 17 heavy (non-hydrogen) atoms. The number of rotatable bonds is 1. The highest BCUT2D eigenvalue weighted by atomic mass is 35.5. The summed E-state index contributed by atoms with van der Waals surface area (Å²) in [6.45, 7) is 0. The third-order valence-electron chi connectivity index (χ3n) is 2.65. The van der Waals surface area contributed by atoms with Crippen LogP contribution in [-0.4, -0.2) is 24.1 Å². The third-order valence-corrected chi connectivity index (χ3v) is 2.88. The second-order valence-corrected chi connectivity index (χ2v) is 4.10. The molecule has 5 nitrogen and oxygen atoms in total. The van der Waals surface area contributed by atoms with Crippen LogP contribution in [0, 0.1) is 5.92 Å². The van der Waals surface area contributed by atoms with E-state index in [2.05, 4.69) is 10.1 Å². The number of hydrogen-bond acceptors (Lipinski definition) is 4. The molecule has 1 aromatic rings. The van der Waals surface area contributed by atoms with Crippen LogP contribution in [0.4, 0.5) is 5.69 Å². The summed E-state index contributed by atoms with van der Waals surface area (Å²) in [6.07, 6.45) is -1.22. The average Bonchev–Trinajstić information content (AvgIpc) is 2.28. The molecule has 1 aromatic carbocycles. The number of amides is 1. The van der Waals surface area contributed by atoms with Crippen molar-refractivity contribution in [1.29, 1.82) is 0 Å². The Balaban J connectivity index is 2.43. The van der Waals surface area contributed by atoms with Crippen molar-refractivity contribution >= 4 is 29.2 Å². The van der Waals surface area contributed by atoms with Gasteiger partial charge in [0.15, 0.2) is 5.92 Å². The number of aliphatic hydroxyl groups excluding tert-OH is 1. The smallest absolute Gasteiger partial charge is 0.321 e.